The highest BCUT2D eigenvalue weighted by Crippen LogP contribution is 2.24. The molecule has 0 aliphatic rings. The van der Waals surface area contributed by atoms with Crippen LogP contribution in [0.1, 0.15) is 12.5 Å². The van der Waals surface area contributed by atoms with Crippen molar-refractivity contribution >= 4 is 10.0 Å². The molecule has 6 nitrogen and oxygen atoms in total. The lowest BCUT2D eigenvalue weighted by Gasteiger charge is -2.12. The number of aryl methyl sites for hydroxylation is 1. The number of methoxy groups -OCH3 is 1. The van der Waals surface area contributed by atoms with Gasteiger partial charge in [-0.15, -0.1) is 0 Å². The minimum Gasteiger partial charge on any atom is -0.495 e. The van der Waals surface area contributed by atoms with Crippen molar-refractivity contribution in [2.45, 2.75) is 18.7 Å². The number of rotatable bonds is 9. The van der Waals surface area contributed by atoms with E-state index in [1.165, 1.54) is 7.11 Å². The van der Waals surface area contributed by atoms with Crippen LogP contribution in [0, 0.1) is 6.92 Å². The Bertz CT molecular complexity index is 805. The summed E-state index contributed by atoms with van der Waals surface area (Å²) in [5.74, 6) is 1.65. The van der Waals surface area contributed by atoms with Gasteiger partial charge in [0.05, 0.1) is 13.7 Å². The zero-order chi connectivity index (χ0) is 18.3. The molecule has 0 amide bonds. The Morgan fingerprint density at radius 1 is 1.04 bits per heavy atom. The number of hydrogen-bond acceptors (Lipinski definition) is 5. The Hall–Kier alpha value is -2.25. The fourth-order valence-electron chi connectivity index (χ4n) is 2.24. The van der Waals surface area contributed by atoms with Crippen molar-refractivity contribution in [2.75, 3.05) is 26.9 Å². The fraction of sp³-hybridized carbons (Fsp3) is 0.333. The molecule has 0 bridgehead atoms. The Kier molecular flexibility index (Phi) is 6.66. The highest BCUT2D eigenvalue weighted by atomic mass is 32.2. The van der Waals surface area contributed by atoms with Crippen LogP contribution in [-0.2, 0) is 10.0 Å². The van der Waals surface area contributed by atoms with E-state index in [2.05, 4.69) is 4.72 Å². The molecule has 0 radical (unpaired) electrons. The van der Waals surface area contributed by atoms with Crippen LogP contribution in [0.25, 0.3) is 0 Å². The molecular weight excluding hydrogens is 342 g/mol. The van der Waals surface area contributed by atoms with Crippen molar-refractivity contribution in [1.29, 1.82) is 0 Å². The summed E-state index contributed by atoms with van der Waals surface area (Å²) in [6.45, 7) is 4.64. The summed E-state index contributed by atoms with van der Waals surface area (Å²) in [5, 5.41) is 0. The van der Waals surface area contributed by atoms with Crippen LogP contribution in [-0.4, -0.2) is 35.3 Å². The molecule has 0 saturated heterocycles. The fourth-order valence-corrected chi connectivity index (χ4v) is 3.50. The zero-order valence-electron chi connectivity index (χ0n) is 14.6. The molecule has 0 atom stereocenters. The predicted octanol–water partition coefficient (Wildman–Crippen LogP) is 2.76. The van der Waals surface area contributed by atoms with E-state index in [1.807, 2.05) is 26.0 Å². The van der Waals surface area contributed by atoms with Crippen molar-refractivity contribution in [3.63, 3.8) is 0 Å². The first-order chi connectivity index (χ1) is 12.0. The second-order valence-corrected chi connectivity index (χ2v) is 7.04. The van der Waals surface area contributed by atoms with Gasteiger partial charge in [0.25, 0.3) is 0 Å². The second kappa shape index (κ2) is 8.73. The third-order valence-corrected chi connectivity index (χ3v) is 4.87. The van der Waals surface area contributed by atoms with Gasteiger partial charge in [-0.05, 0) is 43.7 Å². The molecule has 0 aliphatic carbocycles. The van der Waals surface area contributed by atoms with E-state index < -0.39 is 10.0 Å². The first-order valence-electron chi connectivity index (χ1n) is 7.96. The molecule has 0 spiro atoms. The van der Waals surface area contributed by atoms with E-state index in [0.29, 0.717) is 23.9 Å². The van der Waals surface area contributed by atoms with Crippen molar-refractivity contribution in [3.8, 4) is 17.2 Å². The van der Waals surface area contributed by atoms with Gasteiger partial charge in [-0.1, -0.05) is 12.1 Å². The highest BCUT2D eigenvalue weighted by molar-refractivity contribution is 7.89. The van der Waals surface area contributed by atoms with E-state index >= 15 is 0 Å². The number of sulfonamides is 1. The van der Waals surface area contributed by atoms with E-state index in [1.54, 1.807) is 30.3 Å². The van der Waals surface area contributed by atoms with E-state index in [9.17, 15) is 8.42 Å². The quantitative estimate of drug-likeness (QED) is 0.692. The normalized spacial score (nSPS) is 11.2. The number of benzene rings is 2. The second-order valence-electron chi connectivity index (χ2n) is 5.31. The van der Waals surface area contributed by atoms with Gasteiger partial charge in [-0.2, -0.15) is 0 Å². The van der Waals surface area contributed by atoms with Crippen molar-refractivity contribution < 1.29 is 22.6 Å². The standard InChI is InChI=1S/C18H23NO5S/c1-4-23-15-6-5-7-16(13-15)24-11-10-19-25(20,21)18-12-14(2)8-9-17(18)22-3/h5-9,12-13,19H,4,10-11H2,1-3H3. The number of nitrogens with one attached hydrogen (secondary N) is 1. The van der Waals surface area contributed by atoms with Crippen LogP contribution in [0.5, 0.6) is 17.2 Å². The van der Waals surface area contributed by atoms with Gasteiger partial charge in [0.15, 0.2) is 0 Å². The number of ether oxygens (including phenoxy) is 3. The maximum Gasteiger partial charge on any atom is 0.244 e. The van der Waals surface area contributed by atoms with Crippen LogP contribution in [0.2, 0.25) is 0 Å². The Morgan fingerprint density at radius 3 is 2.44 bits per heavy atom. The molecule has 2 aromatic carbocycles. The molecule has 1 N–H and O–H groups in total. The minimum absolute atomic E-state index is 0.119. The summed E-state index contributed by atoms with van der Waals surface area (Å²) >= 11 is 0. The summed E-state index contributed by atoms with van der Waals surface area (Å²) < 4.78 is 43.5. The SMILES string of the molecule is CCOc1cccc(OCCNS(=O)(=O)c2cc(C)ccc2OC)c1. The molecule has 0 aliphatic heterocycles. The smallest absolute Gasteiger partial charge is 0.244 e. The molecule has 0 fully saturated rings. The lowest BCUT2D eigenvalue weighted by Crippen LogP contribution is -2.28. The summed E-state index contributed by atoms with van der Waals surface area (Å²) in [6, 6.07) is 12.2. The molecule has 0 heterocycles. The van der Waals surface area contributed by atoms with E-state index in [4.69, 9.17) is 14.2 Å². The molecule has 0 aromatic heterocycles. The van der Waals surface area contributed by atoms with Gasteiger partial charge in [-0.3, -0.25) is 0 Å². The largest absolute Gasteiger partial charge is 0.495 e. The average Bonchev–Trinajstić information content (AvgIpc) is 2.59. The Morgan fingerprint density at radius 2 is 1.76 bits per heavy atom. The zero-order valence-corrected chi connectivity index (χ0v) is 15.4. The van der Waals surface area contributed by atoms with Crippen LogP contribution in [0.3, 0.4) is 0 Å². The maximum absolute atomic E-state index is 12.4. The highest BCUT2D eigenvalue weighted by Gasteiger charge is 2.19. The van der Waals surface area contributed by atoms with Gasteiger partial charge < -0.3 is 14.2 Å². The van der Waals surface area contributed by atoms with Gasteiger partial charge in [0.1, 0.15) is 28.8 Å². The van der Waals surface area contributed by atoms with Crippen LogP contribution in [0.4, 0.5) is 0 Å². The summed E-state index contributed by atoms with van der Waals surface area (Å²) in [6.07, 6.45) is 0. The first kappa shape index (κ1) is 19.1. The molecular formula is C18H23NO5S. The number of hydrogen-bond donors (Lipinski definition) is 1. The molecule has 7 heteroatoms. The lowest BCUT2D eigenvalue weighted by molar-refractivity contribution is 0.313. The van der Waals surface area contributed by atoms with Crippen LogP contribution in [0.15, 0.2) is 47.4 Å². The summed E-state index contributed by atoms with van der Waals surface area (Å²) in [7, 11) is -2.23. The van der Waals surface area contributed by atoms with E-state index in [-0.39, 0.29) is 18.0 Å². The van der Waals surface area contributed by atoms with Gasteiger partial charge in [0.2, 0.25) is 10.0 Å². The molecule has 0 saturated carbocycles. The summed E-state index contributed by atoms with van der Waals surface area (Å²) in [4.78, 5) is 0.119. The topological polar surface area (TPSA) is 73.9 Å². The minimum atomic E-state index is -3.68. The Labute approximate surface area is 148 Å². The summed E-state index contributed by atoms with van der Waals surface area (Å²) in [5.41, 5.74) is 0.838. The van der Waals surface area contributed by atoms with Crippen molar-refractivity contribution in [2.24, 2.45) is 0 Å². The van der Waals surface area contributed by atoms with Crippen LogP contribution >= 0.6 is 0 Å². The third kappa shape index (κ3) is 5.37. The van der Waals surface area contributed by atoms with Gasteiger partial charge in [0, 0.05) is 12.6 Å². The van der Waals surface area contributed by atoms with Gasteiger partial charge >= 0.3 is 0 Å². The predicted molar refractivity (Wildman–Crippen MR) is 96.0 cm³/mol. The average molecular weight is 365 g/mol. The third-order valence-electron chi connectivity index (χ3n) is 3.39. The van der Waals surface area contributed by atoms with Crippen molar-refractivity contribution in [3.05, 3.63) is 48.0 Å². The van der Waals surface area contributed by atoms with Gasteiger partial charge in [-0.25, -0.2) is 13.1 Å². The molecule has 0 unspecified atom stereocenters. The first-order valence-corrected chi connectivity index (χ1v) is 9.44. The molecule has 25 heavy (non-hydrogen) atoms. The monoisotopic (exact) mass is 365 g/mol. The lowest BCUT2D eigenvalue weighted by atomic mass is 10.2. The van der Waals surface area contributed by atoms with E-state index in [0.717, 1.165) is 5.56 Å². The Balaban J connectivity index is 1.95. The molecule has 136 valence electrons. The van der Waals surface area contributed by atoms with Crippen LogP contribution < -0.4 is 18.9 Å². The molecule has 2 rings (SSSR count). The molecule has 2 aromatic rings. The maximum atomic E-state index is 12.4. The van der Waals surface area contributed by atoms with Crippen molar-refractivity contribution in [1.82, 2.24) is 4.72 Å².